The average Bonchev–Trinajstić information content (AvgIpc) is 2.71. The topological polar surface area (TPSA) is 116 Å². The molecular weight excluding hydrogens is 390 g/mol. The third-order valence-electron chi connectivity index (χ3n) is 4.50. The number of unbranched alkanes of at least 4 members (excludes halogenated alkanes) is 3. The monoisotopic (exact) mass is 415 g/mol. The van der Waals surface area contributed by atoms with Gasteiger partial charge in [-0.05, 0) is 44.0 Å². The molecule has 2 rings (SSSR count). The van der Waals surface area contributed by atoms with Crippen molar-refractivity contribution in [3.63, 3.8) is 0 Å². The molecule has 0 fully saturated rings. The maximum absolute atomic E-state index is 12.4. The minimum absolute atomic E-state index is 0.0745. The van der Waals surface area contributed by atoms with Gasteiger partial charge >= 0.3 is 17.6 Å². The summed E-state index contributed by atoms with van der Waals surface area (Å²) in [5.74, 6) is -2.21. The van der Waals surface area contributed by atoms with Gasteiger partial charge in [-0.3, -0.25) is 10.1 Å². The van der Waals surface area contributed by atoms with Gasteiger partial charge in [0.25, 0.3) is 0 Å². The number of carboxylic acids is 1. The van der Waals surface area contributed by atoms with Gasteiger partial charge in [0.2, 0.25) is 0 Å². The highest BCUT2D eigenvalue weighted by Gasteiger charge is 2.22. The van der Waals surface area contributed by atoms with E-state index in [9.17, 15) is 24.8 Å². The molecule has 0 aliphatic rings. The Morgan fingerprint density at radius 1 is 1.10 bits per heavy atom. The average molecular weight is 415 g/mol. The number of para-hydroxylation sites is 1. The zero-order valence-electron chi connectivity index (χ0n) is 17.0. The van der Waals surface area contributed by atoms with Crippen LogP contribution in [0, 0.1) is 10.1 Å². The lowest BCUT2D eigenvalue weighted by Gasteiger charge is -2.15. The number of aromatic carboxylic acids is 1. The summed E-state index contributed by atoms with van der Waals surface area (Å²) in [6, 6.07) is 9.46. The Kier molecular flexibility index (Phi) is 8.34. The molecule has 2 aromatic rings. The molecule has 0 amide bonds. The molecule has 8 heteroatoms. The molecule has 0 saturated carbocycles. The molecule has 8 nitrogen and oxygen atoms in total. The van der Waals surface area contributed by atoms with Crippen molar-refractivity contribution in [2.24, 2.45) is 0 Å². The summed E-state index contributed by atoms with van der Waals surface area (Å²) >= 11 is 0. The van der Waals surface area contributed by atoms with Crippen molar-refractivity contribution in [2.75, 3.05) is 0 Å². The molecule has 160 valence electrons. The zero-order chi connectivity index (χ0) is 22.1. The molecule has 1 unspecified atom stereocenters. The lowest BCUT2D eigenvalue weighted by atomic mass is 10.1. The standard InChI is InChI=1S/C22H25NO7/c1-3-4-5-6-9-15(2)29-20-13-12-16(14-18(20)23(27)28)22(26)30-19-11-8-7-10-17(19)21(24)25/h7-8,10-15H,3-6,9H2,1-2H3,(H,24,25). The fourth-order valence-electron chi connectivity index (χ4n) is 2.91. The van der Waals surface area contributed by atoms with Crippen molar-refractivity contribution in [2.45, 2.75) is 52.1 Å². The number of ether oxygens (including phenoxy) is 2. The van der Waals surface area contributed by atoms with Crippen LogP contribution >= 0.6 is 0 Å². The molecule has 1 N–H and O–H groups in total. The van der Waals surface area contributed by atoms with Gasteiger partial charge in [0.1, 0.15) is 11.3 Å². The van der Waals surface area contributed by atoms with E-state index in [-0.39, 0.29) is 34.4 Å². The molecule has 0 radical (unpaired) electrons. The Balaban J connectivity index is 2.15. The van der Waals surface area contributed by atoms with Crippen LogP contribution in [0.2, 0.25) is 0 Å². The molecule has 0 aliphatic carbocycles. The number of rotatable bonds is 11. The summed E-state index contributed by atoms with van der Waals surface area (Å²) in [6.07, 6.45) is 4.86. The van der Waals surface area contributed by atoms with Gasteiger partial charge in [0.05, 0.1) is 16.6 Å². The quantitative estimate of drug-likeness (QED) is 0.175. The van der Waals surface area contributed by atoms with Crippen LogP contribution in [0.25, 0.3) is 0 Å². The molecule has 0 aliphatic heterocycles. The first kappa shape index (κ1) is 22.9. The number of hydrogen-bond acceptors (Lipinski definition) is 6. The fraction of sp³-hybridized carbons (Fsp3) is 0.364. The minimum atomic E-state index is -1.25. The van der Waals surface area contributed by atoms with E-state index in [1.807, 2.05) is 6.92 Å². The Morgan fingerprint density at radius 3 is 2.50 bits per heavy atom. The number of nitrogens with zero attached hydrogens (tertiary/aromatic N) is 1. The van der Waals surface area contributed by atoms with Crippen LogP contribution in [-0.2, 0) is 0 Å². The highest BCUT2D eigenvalue weighted by molar-refractivity contribution is 5.95. The summed E-state index contributed by atoms with van der Waals surface area (Å²) in [5.41, 5.74) is -0.613. The summed E-state index contributed by atoms with van der Waals surface area (Å²) in [4.78, 5) is 34.5. The van der Waals surface area contributed by atoms with Crippen molar-refractivity contribution < 1.29 is 29.1 Å². The van der Waals surface area contributed by atoms with E-state index in [0.717, 1.165) is 38.2 Å². The molecule has 0 spiro atoms. The van der Waals surface area contributed by atoms with Gasteiger partial charge in [-0.2, -0.15) is 0 Å². The van der Waals surface area contributed by atoms with E-state index in [1.54, 1.807) is 0 Å². The Hall–Kier alpha value is -3.42. The maximum Gasteiger partial charge on any atom is 0.343 e. The minimum Gasteiger partial charge on any atom is -0.484 e. The third-order valence-corrected chi connectivity index (χ3v) is 4.50. The number of hydrogen-bond donors (Lipinski definition) is 1. The first-order valence-electron chi connectivity index (χ1n) is 9.83. The number of esters is 1. The Morgan fingerprint density at radius 2 is 1.83 bits per heavy atom. The summed E-state index contributed by atoms with van der Waals surface area (Å²) < 4.78 is 10.9. The second kappa shape index (κ2) is 10.9. The van der Waals surface area contributed by atoms with Gasteiger partial charge in [0, 0.05) is 6.07 Å². The van der Waals surface area contributed by atoms with Gasteiger partial charge in [0.15, 0.2) is 5.75 Å². The lowest BCUT2D eigenvalue weighted by Crippen LogP contribution is -2.14. The summed E-state index contributed by atoms with van der Waals surface area (Å²) in [6.45, 7) is 3.97. The molecule has 0 heterocycles. The smallest absolute Gasteiger partial charge is 0.343 e. The first-order valence-corrected chi connectivity index (χ1v) is 9.83. The van der Waals surface area contributed by atoms with Crippen LogP contribution in [0.3, 0.4) is 0 Å². The molecule has 1 atom stereocenters. The van der Waals surface area contributed by atoms with Crippen molar-refractivity contribution in [1.82, 2.24) is 0 Å². The molecule has 0 saturated heterocycles. The summed E-state index contributed by atoms with van der Waals surface area (Å²) in [7, 11) is 0. The zero-order valence-corrected chi connectivity index (χ0v) is 17.0. The van der Waals surface area contributed by atoms with E-state index < -0.39 is 16.9 Å². The second-order valence-corrected chi connectivity index (χ2v) is 6.91. The predicted molar refractivity (Wildman–Crippen MR) is 110 cm³/mol. The van der Waals surface area contributed by atoms with Crippen LogP contribution in [0.5, 0.6) is 11.5 Å². The number of carbonyl (C=O) groups is 2. The van der Waals surface area contributed by atoms with Gasteiger partial charge in [-0.25, -0.2) is 9.59 Å². The second-order valence-electron chi connectivity index (χ2n) is 6.91. The number of nitro benzene ring substituents is 1. The van der Waals surface area contributed by atoms with Crippen LogP contribution in [-0.4, -0.2) is 28.1 Å². The molecule has 2 aromatic carbocycles. The van der Waals surface area contributed by atoms with Crippen molar-refractivity contribution >= 4 is 17.6 Å². The Bertz CT molecular complexity index is 910. The molecule has 0 aromatic heterocycles. The van der Waals surface area contributed by atoms with Gasteiger partial charge in [-0.1, -0.05) is 38.3 Å². The van der Waals surface area contributed by atoms with Crippen LogP contribution in [0.4, 0.5) is 5.69 Å². The summed E-state index contributed by atoms with van der Waals surface area (Å²) in [5, 5.41) is 20.7. The molecule has 30 heavy (non-hydrogen) atoms. The van der Waals surface area contributed by atoms with Gasteiger partial charge < -0.3 is 14.6 Å². The number of carbonyl (C=O) groups excluding carboxylic acids is 1. The van der Waals surface area contributed by atoms with E-state index >= 15 is 0 Å². The van der Waals surface area contributed by atoms with E-state index in [0.29, 0.717) is 0 Å². The van der Waals surface area contributed by atoms with Crippen molar-refractivity contribution in [1.29, 1.82) is 0 Å². The van der Waals surface area contributed by atoms with Crippen LogP contribution in [0.1, 0.15) is 66.7 Å². The van der Waals surface area contributed by atoms with Crippen LogP contribution < -0.4 is 9.47 Å². The maximum atomic E-state index is 12.4. The highest BCUT2D eigenvalue weighted by Crippen LogP contribution is 2.30. The highest BCUT2D eigenvalue weighted by atomic mass is 16.6. The number of benzene rings is 2. The SMILES string of the molecule is CCCCCCC(C)Oc1ccc(C(=O)Oc2ccccc2C(=O)O)cc1[N+](=O)[O-]. The van der Waals surface area contributed by atoms with Crippen molar-refractivity contribution in [3.05, 3.63) is 63.7 Å². The van der Waals surface area contributed by atoms with Crippen molar-refractivity contribution in [3.8, 4) is 11.5 Å². The van der Waals surface area contributed by atoms with E-state index in [2.05, 4.69) is 6.92 Å². The lowest BCUT2D eigenvalue weighted by molar-refractivity contribution is -0.386. The number of carboxylic acid groups (broad SMARTS) is 1. The Labute approximate surface area is 174 Å². The number of nitro groups is 1. The predicted octanol–water partition coefficient (Wildman–Crippen LogP) is 5.25. The fourth-order valence-corrected chi connectivity index (χ4v) is 2.91. The first-order chi connectivity index (χ1) is 14.3. The molecular formula is C22H25NO7. The van der Waals surface area contributed by atoms with E-state index in [4.69, 9.17) is 9.47 Å². The largest absolute Gasteiger partial charge is 0.484 e. The van der Waals surface area contributed by atoms with Crippen LogP contribution in [0.15, 0.2) is 42.5 Å². The van der Waals surface area contributed by atoms with Gasteiger partial charge in [-0.15, -0.1) is 0 Å². The van der Waals surface area contributed by atoms with E-state index in [1.165, 1.54) is 36.4 Å². The normalized spacial score (nSPS) is 11.5. The molecule has 0 bridgehead atoms. The third kappa shape index (κ3) is 6.30.